The molecule has 3 aliphatic heterocycles. The van der Waals surface area contributed by atoms with Crippen LogP contribution in [-0.4, -0.2) is 76.2 Å². The Bertz CT molecular complexity index is 729. The number of nitrogens with zero attached hydrogens (tertiary/aromatic N) is 2. The van der Waals surface area contributed by atoms with E-state index in [9.17, 15) is 4.39 Å². The molecule has 1 atom stereocenters. The van der Waals surface area contributed by atoms with Crippen molar-refractivity contribution in [2.75, 3.05) is 53.1 Å². The summed E-state index contributed by atoms with van der Waals surface area (Å²) < 4.78 is 31.1. The maximum atomic E-state index is 13.5. The summed E-state index contributed by atoms with van der Waals surface area (Å²) in [5, 5.41) is 3.63. The SMILES string of the molecule is CN=C(NCC1(c2ccc(F)cc2)CCOCC1)N1CCC(OCC2CCCCO2)CC1.I. The lowest BCUT2D eigenvalue weighted by atomic mass is 9.74. The van der Waals surface area contributed by atoms with Crippen LogP contribution in [0.2, 0.25) is 0 Å². The summed E-state index contributed by atoms with van der Waals surface area (Å²) in [6, 6.07) is 6.96. The molecule has 186 valence electrons. The maximum absolute atomic E-state index is 13.5. The molecular weight excluding hydrogens is 536 g/mol. The Balaban J connectivity index is 0.00000306. The first-order valence-electron chi connectivity index (χ1n) is 12.2. The molecule has 1 aromatic carbocycles. The van der Waals surface area contributed by atoms with Gasteiger partial charge in [0, 0.05) is 51.9 Å². The molecule has 4 rings (SSSR count). The zero-order valence-corrected chi connectivity index (χ0v) is 22.1. The Hall–Kier alpha value is -0.970. The van der Waals surface area contributed by atoms with Crippen LogP contribution < -0.4 is 5.32 Å². The van der Waals surface area contributed by atoms with E-state index in [1.807, 2.05) is 19.2 Å². The number of halogens is 2. The molecule has 33 heavy (non-hydrogen) atoms. The van der Waals surface area contributed by atoms with E-state index in [4.69, 9.17) is 14.2 Å². The van der Waals surface area contributed by atoms with Gasteiger partial charge in [-0.3, -0.25) is 4.99 Å². The van der Waals surface area contributed by atoms with E-state index in [0.717, 1.165) is 84.1 Å². The molecule has 3 heterocycles. The molecule has 0 amide bonds. The van der Waals surface area contributed by atoms with Gasteiger partial charge in [0.15, 0.2) is 5.96 Å². The highest BCUT2D eigenvalue weighted by Gasteiger charge is 2.35. The molecule has 8 heteroatoms. The number of ether oxygens (including phenoxy) is 3. The molecule has 1 unspecified atom stereocenters. The first-order chi connectivity index (χ1) is 15.7. The summed E-state index contributed by atoms with van der Waals surface area (Å²) in [6.07, 6.45) is 7.97. The van der Waals surface area contributed by atoms with E-state index in [1.165, 1.54) is 18.4 Å². The van der Waals surface area contributed by atoms with Gasteiger partial charge in [0.05, 0.1) is 18.8 Å². The largest absolute Gasteiger partial charge is 0.381 e. The number of piperidine rings is 1. The van der Waals surface area contributed by atoms with E-state index in [-0.39, 0.29) is 41.3 Å². The van der Waals surface area contributed by atoms with Crippen LogP contribution in [0.5, 0.6) is 0 Å². The molecule has 0 aromatic heterocycles. The fourth-order valence-corrected chi connectivity index (χ4v) is 5.13. The number of likely N-dealkylation sites (tertiary alicyclic amines) is 1. The van der Waals surface area contributed by atoms with Crippen molar-refractivity contribution in [1.29, 1.82) is 0 Å². The van der Waals surface area contributed by atoms with Crippen molar-refractivity contribution in [3.63, 3.8) is 0 Å². The highest BCUT2D eigenvalue weighted by Crippen LogP contribution is 2.34. The van der Waals surface area contributed by atoms with Gasteiger partial charge in [0.1, 0.15) is 5.82 Å². The summed E-state index contributed by atoms with van der Waals surface area (Å²) in [4.78, 5) is 6.89. The van der Waals surface area contributed by atoms with Crippen LogP contribution in [0.25, 0.3) is 0 Å². The van der Waals surface area contributed by atoms with Crippen molar-refractivity contribution in [3.8, 4) is 0 Å². The lowest BCUT2D eigenvalue weighted by molar-refractivity contribution is -0.0721. The Morgan fingerprint density at radius 3 is 2.48 bits per heavy atom. The second-order valence-electron chi connectivity index (χ2n) is 9.31. The van der Waals surface area contributed by atoms with Gasteiger partial charge in [0.2, 0.25) is 0 Å². The van der Waals surface area contributed by atoms with E-state index >= 15 is 0 Å². The number of aliphatic imine (C=N–C) groups is 1. The normalized spacial score (nSPS) is 24.2. The van der Waals surface area contributed by atoms with E-state index in [2.05, 4.69) is 15.2 Å². The molecule has 0 aliphatic carbocycles. The molecule has 1 aromatic rings. The fourth-order valence-electron chi connectivity index (χ4n) is 5.13. The first-order valence-corrected chi connectivity index (χ1v) is 12.2. The molecule has 0 spiro atoms. The summed E-state index contributed by atoms with van der Waals surface area (Å²) in [6.45, 7) is 5.69. The molecule has 0 bridgehead atoms. The highest BCUT2D eigenvalue weighted by molar-refractivity contribution is 14.0. The Kier molecular flexibility index (Phi) is 10.7. The minimum atomic E-state index is -0.195. The van der Waals surface area contributed by atoms with Gasteiger partial charge in [-0.2, -0.15) is 0 Å². The highest BCUT2D eigenvalue weighted by atomic mass is 127. The standard InChI is InChI=1S/C25H38FN3O3.HI/c1-27-24(29-13-9-22(10-14-29)32-18-23-4-2-3-15-31-23)28-19-25(11-16-30-17-12-25)20-5-7-21(26)8-6-20;/h5-8,22-23H,2-4,9-19H2,1H3,(H,27,28);1H. The van der Waals surface area contributed by atoms with Crippen molar-refractivity contribution < 1.29 is 18.6 Å². The van der Waals surface area contributed by atoms with Gasteiger partial charge in [-0.15, -0.1) is 24.0 Å². The first kappa shape index (κ1) is 26.6. The summed E-state index contributed by atoms with van der Waals surface area (Å²) >= 11 is 0. The monoisotopic (exact) mass is 575 g/mol. The number of guanidine groups is 1. The van der Waals surface area contributed by atoms with Gasteiger partial charge in [-0.05, 0) is 62.6 Å². The number of nitrogens with one attached hydrogen (secondary N) is 1. The molecule has 0 saturated carbocycles. The van der Waals surface area contributed by atoms with Gasteiger partial charge in [0.25, 0.3) is 0 Å². The second-order valence-corrected chi connectivity index (χ2v) is 9.31. The van der Waals surface area contributed by atoms with Crippen LogP contribution in [0, 0.1) is 5.82 Å². The van der Waals surface area contributed by atoms with Gasteiger partial charge in [-0.1, -0.05) is 12.1 Å². The van der Waals surface area contributed by atoms with Gasteiger partial charge >= 0.3 is 0 Å². The topological polar surface area (TPSA) is 55.3 Å². The zero-order valence-electron chi connectivity index (χ0n) is 19.8. The summed E-state index contributed by atoms with van der Waals surface area (Å²) in [5.41, 5.74) is 1.10. The number of benzene rings is 1. The van der Waals surface area contributed by atoms with Crippen molar-refractivity contribution in [2.45, 2.75) is 62.6 Å². The number of hydrogen-bond donors (Lipinski definition) is 1. The third-order valence-corrected chi connectivity index (χ3v) is 7.24. The van der Waals surface area contributed by atoms with Crippen molar-refractivity contribution in [3.05, 3.63) is 35.6 Å². The number of hydrogen-bond acceptors (Lipinski definition) is 4. The Labute approximate surface area is 214 Å². The van der Waals surface area contributed by atoms with Crippen LogP contribution in [0.1, 0.15) is 50.5 Å². The molecule has 3 fully saturated rings. The summed E-state index contributed by atoms with van der Waals surface area (Å²) in [5.74, 6) is 0.743. The smallest absolute Gasteiger partial charge is 0.193 e. The van der Waals surface area contributed by atoms with Gasteiger partial charge < -0.3 is 24.4 Å². The Morgan fingerprint density at radius 2 is 1.85 bits per heavy atom. The van der Waals surface area contributed by atoms with E-state index in [0.29, 0.717) is 6.10 Å². The molecule has 3 aliphatic rings. The van der Waals surface area contributed by atoms with Crippen LogP contribution in [0.15, 0.2) is 29.3 Å². The number of rotatable bonds is 6. The quantitative estimate of drug-likeness (QED) is 0.315. The molecule has 3 saturated heterocycles. The molecule has 1 N–H and O–H groups in total. The zero-order chi connectivity index (χ0) is 22.2. The Morgan fingerprint density at radius 1 is 1.12 bits per heavy atom. The average Bonchev–Trinajstić information content (AvgIpc) is 2.85. The van der Waals surface area contributed by atoms with Crippen LogP contribution in [-0.2, 0) is 19.6 Å². The molecule has 0 radical (unpaired) electrons. The van der Waals surface area contributed by atoms with E-state index < -0.39 is 0 Å². The van der Waals surface area contributed by atoms with Crippen LogP contribution >= 0.6 is 24.0 Å². The van der Waals surface area contributed by atoms with Crippen molar-refractivity contribution in [2.24, 2.45) is 4.99 Å². The second kappa shape index (κ2) is 13.2. The minimum absolute atomic E-state index is 0. The lowest BCUT2D eigenvalue weighted by Gasteiger charge is -2.40. The van der Waals surface area contributed by atoms with Crippen molar-refractivity contribution in [1.82, 2.24) is 10.2 Å². The van der Waals surface area contributed by atoms with E-state index in [1.54, 1.807) is 12.1 Å². The third kappa shape index (κ3) is 7.26. The fraction of sp³-hybridized carbons (Fsp3) is 0.720. The van der Waals surface area contributed by atoms with Crippen LogP contribution in [0.4, 0.5) is 4.39 Å². The minimum Gasteiger partial charge on any atom is -0.381 e. The van der Waals surface area contributed by atoms with Gasteiger partial charge in [-0.25, -0.2) is 4.39 Å². The average molecular weight is 576 g/mol. The third-order valence-electron chi connectivity index (χ3n) is 7.24. The maximum Gasteiger partial charge on any atom is 0.193 e. The predicted molar refractivity (Wildman–Crippen MR) is 139 cm³/mol. The van der Waals surface area contributed by atoms with Crippen LogP contribution in [0.3, 0.4) is 0 Å². The molecular formula is C25H39FIN3O3. The predicted octanol–water partition coefficient (Wildman–Crippen LogP) is 4.12. The van der Waals surface area contributed by atoms with Crippen molar-refractivity contribution >= 4 is 29.9 Å². The molecule has 6 nitrogen and oxygen atoms in total. The summed E-state index contributed by atoms with van der Waals surface area (Å²) in [7, 11) is 1.85. The lowest BCUT2D eigenvalue weighted by Crippen LogP contribution is -2.51.